The average Bonchev–Trinajstić information content (AvgIpc) is 2.74. The van der Waals surface area contributed by atoms with Gasteiger partial charge in [-0.25, -0.2) is 0 Å². The zero-order valence-corrected chi connectivity index (χ0v) is 11.8. The number of rotatable bonds is 1. The zero-order valence-electron chi connectivity index (χ0n) is 11.0. The van der Waals surface area contributed by atoms with Crippen molar-refractivity contribution in [2.24, 2.45) is 0 Å². The van der Waals surface area contributed by atoms with E-state index in [1.807, 2.05) is 0 Å². The van der Waals surface area contributed by atoms with Gasteiger partial charge in [0.2, 0.25) is 0 Å². The van der Waals surface area contributed by atoms with E-state index in [0.29, 0.717) is 16.3 Å². The molecule has 1 amide bonds. The molecule has 6 heteroatoms. The maximum Gasteiger partial charge on any atom is 0.416 e. The molecule has 2 nitrogen and oxygen atoms in total. The molecule has 2 aromatic rings. The fraction of sp³-hybridized carbons (Fsp3) is 0.0625. The monoisotopic (exact) mass is 323 g/mol. The fourth-order valence-electron chi connectivity index (χ4n) is 2.34. The molecule has 3 rings (SSSR count). The molecule has 0 radical (unpaired) electrons. The molecule has 1 heterocycles. The number of nitrogens with one attached hydrogen (secondary N) is 1. The molecule has 0 unspecified atom stereocenters. The quantitative estimate of drug-likeness (QED) is 0.747. The Kier molecular flexibility index (Phi) is 3.45. The second-order valence-corrected chi connectivity index (χ2v) is 5.22. The smallest absolute Gasteiger partial charge is 0.321 e. The molecule has 22 heavy (non-hydrogen) atoms. The Morgan fingerprint density at radius 2 is 1.82 bits per heavy atom. The van der Waals surface area contributed by atoms with E-state index in [4.69, 9.17) is 11.6 Å². The lowest BCUT2D eigenvalue weighted by atomic mass is 10.0. The summed E-state index contributed by atoms with van der Waals surface area (Å²) in [6.07, 6.45) is -3.25. The van der Waals surface area contributed by atoms with Gasteiger partial charge < -0.3 is 5.32 Å². The molecular formula is C16H9ClF3NO. The molecular weight excluding hydrogens is 315 g/mol. The second kappa shape index (κ2) is 5.18. The third-order valence-electron chi connectivity index (χ3n) is 3.33. The number of anilines is 1. The number of hydrogen-bond acceptors (Lipinski definition) is 1. The lowest BCUT2D eigenvalue weighted by Crippen LogP contribution is -2.08. The first kappa shape index (κ1) is 14.7. The molecule has 0 saturated heterocycles. The molecule has 112 valence electrons. The number of amides is 1. The summed E-state index contributed by atoms with van der Waals surface area (Å²) in [6, 6.07) is 9.89. The zero-order chi connectivity index (χ0) is 15.9. The summed E-state index contributed by atoms with van der Waals surface area (Å²) in [5, 5.41) is 3.01. The van der Waals surface area contributed by atoms with Gasteiger partial charge in [0.15, 0.2) is 0 Å². The maximum absolute atomic E-state index is 13.0. The van der Waals surface area contributed by atoms with Crippen molar-refractivity contribution in [1.82, 2.24) is 0 Å². The summed E-state index contributed by atoms with van der Waals surface area (Å²) < 4.78 is 39.1. The van der Waals surface area contributed by atoms with Gasteiger partial charge in [0, 0.05) is 21.8 Å². The van der Waals surface area contributed by atoms with E-state index in [0.717, 1.165) is 6.07 Å². The summed E-state index contributed by atoms with van der Waals surface area (Å²) in [5.41, 5.74) is 0.340. The van der Waals surface area contributed by atoms with Gasteiger partial charge in [-0.2, -0.15) is 13.2 Å². The van der Waals surface area contributed by atoms with Crippen LogP contribution in [0.15, 0.2) is 42.5 Å². The second-order valence-electron chi connectivity index (χ2n) is 4.79. The average molecular weight is 324 g/mol. The van der Waals surface area contributed by atoms with Gasteiger partial charge in [-0.3, -0.25) is 4.79 Å². The van der Waals surface area contributed by atoms with Crippen molar-refractivity contribution in [1.29, 1.82) is 0 Å². The summed E-state index contributed by atoms with van der Waals surface area (Å²) in [4.78, 5) is 12.0. The van der Waals surface area contributed by atoms with Gasteiger partial charge in [-0.05, 0) is 35.9 Å². The largest absolute Gasteiger partial charge is 0.416 e. The Balaban J connectivity index is 2.15. The highest BCUT2D eigenvalue weighted by molar-refractivity contribution is 6.36. The van der Waals surface area contributed by atoms with E-state index >= 15 is 0 Å². The highest BCUT2D eigenvalue weighted by Gasteiger charge is 2.33. The van der Waals surface area contributed by atoms with Gasteiger partial charge in [0.1, 0.15) is 0 Å². The van der Waals surface area contributed by atoms with E-state index < -0.39 is 17.6 Å². The predicted molar refractivity (Wildman–Crippen MR) is 79.4 cm³/mol. The number of alkyl halides is 3. The fourth-order valence-corrected chi connectivity index (χ4v) is 2.51. The van der Waals surface area contributed by atoms with Gasteiger partial charge >= 0.3 is 6.18 Å². The van der Waals surface area contributed by atoms with E-state index in [1.165, 1.54) is 24.3 Å². The van der Waals surface area contributed by atoms with Crippen molar-refractivity contribution in [3.05, 3.63) is 64.2 Å². The molecule has 1 aliphatic rings. The highest BCUT2D eigenvalue weighted by atomic mass is 35.5. The van der Waals surface area contributed by atoms with Crippen molar-refractivity contribution in [3.63, 3.8) is 0 Å². The molecule has 0 fully saturated rings. The van der Waals surface area contributed by atoms with Crippen LogP contribution in [-0.2, 0) is 11.0 Å². The predicted octanol–water partition coefficient (Wildman–Crippen LogP) is 4.85. The molecule has 1 N–H and O–H groups in total. The normalized spacial score (nSPS) is 15.8. The molecule has 2 aromatic carbocycles. The van der Waals surface area contributed by atoms with Crippen LogP contribution < -0.4 is 5.32 Å². The Labute approximate surface area is 129 Å². The standard InChI is InChI=1S/C16H9ClF3NO/c17-10-5-6-14-11(8-10)12(15(22)21-14)7-9-3-1-2-4-13(9)16(18,19)20/h1-8H,(H,21,22). The van der Waals surface area contributed by atoms with Crippen LogP contribution in [0.2, 0.25) is 5.02 Å². The van der Waals surface area contributed by atoms with Crippen molar-refractivity contribution in [3.8, 4) is 0 Å². The number of fused-ring (bicyclic) bond motifs is 1. The third-order valence-corrected chi connectivity index (χ3v) is 3.57. The van der Waals surface area contributed by atoms with Crippen LogP contribution in [-0.4, -0.2) is 5.91 Å². The minimum absolute atomic E-state index is 0.0621. The Morgan fingerprint density at radius 3 is 2.55 bits per heavy atom. The first-order valence-electron chi connectivity index (χ1n) is 6.35. The molecule has 0 atom stereocenters. The summed E-state index contributed by atoms with van der Waals surface area (Å²) in [7, 11) is 0. The summed E-state index contributed by atoms with van der Waals surface area (Å²) in [6.45, 7) is 0. The summed E-state index contributed by atoms with van der Waals surface area (Å²) in [5.74, 6) is -0.450. The summed E-state index contributed by atoms with van der Waals surface area (Å²) >= 11 is 5.90. The number of halogens is 4. The van der Waals surface area contributed by atoms with Crippen molar-refractivity contribution in [2.75, 3.05) is 5.32 Å². The van der Waals surface area contributed by atoms with E-state index in [9.17, 15) is 18.0 Å². The maximum atomic E-state index is 13.0. The number of carbonyl (C=O) groups excluding carboxylic acids is 1. The molecule has 1 aliphatic heterocycles. The van der Waals surface area contributed by atoms with Gasteiger partial charge in [-0.1, -0.05) is 29.8 Å². The van der Waals surface area contributed by atoms with E-state index in [1.54, 1.807) is 18.2 Å². The van der Waals surface area contributed by atoms with Crippen LogP contribution in [0.3, 0.4) is 0 Å². The van der Waals surface area contributed by atoms with Gasteiger partial charge in [-0.15, -0.1) is 0 Å². The Hall–Kier alpha value is -2.27. The first-order valence-corrected chi connectivity index (χ1v) is 6.73. The number of hydrogen-bond donors (Lipinski definition) is 1. The first-order chi connectivity index (χ1) is 10.4. The topological polar surface area (TPSA) is 29.1 Å². The minimum atomic E-state index is -4.49. The molecule has 0 aromatic heterocycles. The molecule has 0 saturated carbocycles. The highest BCUT2D eigenvalue weighted by Crippen LogP contribution is 2.37. The van der Waals surface area contributed by atoms with Crippen molar-refractivity contribution >= 4 is 34.8 Å². The van der Waals surface area contributed by atoms with Crippen molar-refractivity contribution < 1.29 is 18.0 Å². The third kappa shape index (κ3) is 2.60. The van der Waals surface area contributed by atoms with Crippen molar-refractivity contribution in [2.45, 2.75) is 6.18 Å². The number of carbonyl (C=O) groups is 1. The van der Waals surface area contributed by atoms with Gasteiger partial charge in [0.25, 0.3) is 5.91 Å². The van der Waals surface area contributed by atoms with E-state index in [-0.39, 0.29) is 11.1 Å². The Morgan fingerprint density at radius 1 is 1.09 bits per heavy atom. The van der Waals surface area contributed by atoms with Crippen LogP contribution in [0.1, 0.15) is 16.7 Å². The Bertz CT molecular complexity index is 796. The minimum Gasteiger partial charge on any atom is -0.321 e. The SMILES string of the molecule is O=C1Nc2ccc(Cl)cc2C1=Cc1ccccc1C(F)(F)F. The van der Waals surface area contributed by atoms with Crippen LogP contribution >= 0.6 is 11.6 Å². The van der Waals surface area contributed by atoms with Crippen LogP contribution in [0.4, 0.5) is 18.9 Å². The molecule has 0 spiro atoms. The molecule has 0 aliphatic carbocycles. The lowest BCUT2D eigenvalue weighted by molar-refractivity contribution is -0.137. The van der Waals surface area contributed by atoms with E-state index in [2.05, 4.69) is 5.32 Å². The lowest BCUT2D eigenvalue weighted by Gasteiger charge is -2.10. The van der Waals surface area contributed by atoms with Crippen LogP contribution in [0.5, 0.6) is 0 Å². The molecule has 0 bridgehead atoms. The number of benzene rings is 2. The van der Waals surface area contributed by atoms with Crippen LogP contribution in [0, 0.1) is 0 Å². The van der Waals surface area contributed by atoms with Gasteiger partial charge in [0.05, 0.1) is 5.56 Å². The van der Waals surface area contributed by atoms with Crippen LogP contribution in [0.25, 0.3) is 11.6 Å².